The Morgan fingerprint density at radius 3 is 2.31 bits per heavy atom. The number of alkyl halides is 3. The van der Waals surface area contributed by atoms with Gasteiger partial charge in [0.2, 0.25) is 5.91 Å². The van der Waals surface area contributed by atoms with Crippen LogP contribution in [0.15, 0.2) is 49.1 Å². The minimum Gasteiger partial charge on any atom is -0.278 e. The van der Waals surface area contributed by atoms with Crippen molar-refractivity contribution >= 4 is 17.3 Å². The maximum Gasteiger partial charge on any atom is 0.417 e. The van der Waals surface area contributed by atoms with E-state index in [1.165, 1.54) is 11.1 Å². The van der Waals surface area contributed by atoms with Crippen LogP contribution in [0.1, 0.15) is 30.8 Å². The van der Waals surface area contributed by atoms with Crippen LogP contribution in [-0.2, 0) is 16.4 Å². The molecule has 3 heterocycles. The molecule has 0 fully saturated rings. The van der Waals surface area contributed by atoms with Crippen molar-refractivity contribution in [2.75, 3.05) is 4.90 Å². The molecule has 0 saturated heterocycles. The molecule has 8 heteroatoms. The Kier molecular flexibility index (Phi) is 4.18. The molecule has 0 N–H and O–H groups in total. The van der Waals surface area contributed by atoms with Crippen LogP contribution in [0.3, 0.4) is 0 Å². The summed E-state index contributed by atoms with van der Waals surface area (Å²) in [5.74, 6) is 0.314. The van der Waals surface area contributed by atoms with Gasteiger partial charge in [0.1, 0.15) is 5.82 Å². The molecule has 0 aliphatic carbocycles. The number of carbonyl (C=O) groups excluding carboxylic acids is 1. The van der Waals surface area contributed by atoms with E-state index < -0.39 is 17.2 Å². The highest BCUT2D eigenvalue weighted by Gasteiger charge is 2.45. The van der Waals surface area contributed by atoms with Crippen molar-refractivity contribution in [2.45, 2.75) is 32.4 Å². The first-order chi connectivity index (χ1) is 13.6. The minimum absolute atomic E-state index is 0.0777. The maximum atomic E-state index is 13.2. The highest BCUT2D eigenvalue weighted by atomic mass is 19.4. The third kappa shape index (κ3) is 3.14. The van der Waals surface area contributed by atoms with Gasteiger partial charge in [0.25, 0.3) is 0 Å². The Morgan fingerprint density at radius 2 is 1.66 bits per heavy atom. The van der Waals surface area contributed by atoms with Crippen LogP contribution in [0.2, 0.25) is 0 Å². The molecule has 2 aromatic heterocycles. The number of fused-ring (bicyclic) bond motifs is 1. The van der Waals surface area contributed by atoms with Crippen LogP contribution in [0.25, 0.3) is 11.1 Å². The fraction of sp³-hybridized carbons (Fsp3) is 0.238. The number of hydrogen-bond donors (Lipinski definition) is 0. The van der Waals surface area contributed by atoms with E-state index in [0.717, 1.165) is 29.0 Å². The zero-order valence-corrected chi connectivity index (χ0v) is 15.9. The lowest BCUT2D eigenvalue weighted by Crippen LogP contribution is -2.33. The van der Waals surface area contributed by atoms with E-state index in [1.807, 2.05) is 12.1 Å². The van der Waals surface area contributed by atoms with Crippen molar-refractivity contribution in [1.29, 1.82) is 0 Å². The van der Waals surface area contributed by atoms with Gasteiger partial charge in [0, 0.05) is 24.2 Å². The zero-order valence-electron chi connectivity index (χ0n) is 15.9. The summed E-state index contributed by atoms with van der Waals surface area (Å²) < 4.78 is 39.5. The fourth-order valence-electron chi connectivity index (χ4n) is 3.43. The molecule has 4 rings (SSSR count). The van der Waals surface area contributed by atoms with E-state index in [-0.39, 0.29) is 11.6 Å². The number of pyridine rings is 1. The van der Waals surface area contributed by atoms with E-state index in [2.05, 4.69) is 15.0 Å². The Balaban J connectivity index is 1.87. The Morgan fingerprint density at radius 1 is 0.966 bits per heavy atom. The summed E-state index contributed by atoms with van der Waals surface area (Å²) in [6, 6.07) is 6.40. The standard InChI is InChI=1S/C21H17F3N4O/c1-12-26-8-14(9-27-12)13-4-5-17-18(6-13)28(19(29)20(17,2)3)16-7-15(10-25-11-16)21(22,23)24/h4-11H,1-3H3. The summed E-state index contributed by atoms with van der Waals surface area (Å²) in [5.41, 5.74) is 1.06. The molecule has 29 heavy (non-hydrogen) atoms. The molecular formula is C21H17F3N4O. The molecule has 1 aliphatic rings. The highest BCUT2D eigenvalue weighted by Crippen LogP contribution is 2.47. The Labute approximate surface area is 165 Å². The number of halogens is 3. The predicted octanol–water partition coefficient (Wildman–Crippen LogP) is 4.82. The average Bonchev–Trinajstić information content (AvgIpc) is 2.87. The zero-order chi connectivity index (χ0) is 21.0. The number of aromatic nitrogens is 3. The molecule has 1 amide bonds. The van der Waals surface area contributed by atoms with Gasteiger partial charge in [-0.3, -0.25) is 14.7 Å². The van der Waals surface area contributed by atoms with Crippen molar-refractivity contribution in [1.82, 2.24) is 15.0 Å². The predicted molar refractivity (Wildman–Crippen MR) is 102 cm³/mol. The van der Waals surface area contributed by atoms with Gasteiger partial charge >= 0.3 is 6.18 Å². The third-order valence-electron chi connectivity index (χ3n) is 5.07. The summed E-state index contributed by atoms with van der Waals surface area (Å²) in [4.78, 5) is 26.5. The van der Waals surface area contributed by atoms with Crippen molar-refractivity contribution in [2.24, 2.45) is 0 Å². The van der Waals surface area contributed by atoms with Gasteiger partial charge < -0.3 is 0 Å². The number of amides is 1. The highest BCUT2D eigenvalue weighted by molar-refractivity contribution is 6.12. The van der Waals surface area contributed by atoms with Gasteiger partial charge in [-0.05, 0) is 44.0 Å². The summed E-state index contributed by atoms with van der Waals surface area (Å²) in [6.45, 7) is 5.28. The summed E-state index contributed by atoms with van der Waals surface area (Å²) in [5, 5.41) is 0. The molecule has 5 nitrogen and oxygen atoms in total. The minimum atomic E-state index is -4.55. The number of hydrogen-bond acceptors (Lipinski definition) is 4. The van der Waals surface area contributed by atoms with Crippen LogP contribution in [0.5, 0.6) is 0 Å². The average molecular weight is 398 g/mol. The lowest BCUT2D eigenvalue weighted by atomic mass is 9.85. The van der Waals surface area contributed by atoms with Crippen molar-refractivity contribution < 1.29 is 18.0 Å². The maximum absolute atomic E-state index is 13.2. The van der Waals surface area contributed by atoms with Crippen LogP contribution < -0.4 is 4.90 Å². The van der Waals surface area contributed by atoms with Crippen molar-refractivity contribution in [3.8, 4) is 11.1 Å². The van der Waals surface area contributed by atoms with E-state index >= 15 is 0 Å². The van der Waals surface area contributed by atoms with Gasteiger partial charge in [-0.25, -0.2) is 9.97 Å². The van der Waals surface area contributed by atoms with Gasteiger partial charge in [-0.1, -0.05) is 12.1 Å². The van der Waals surface area contributed by atoms with E-state index in [0.29, 0.717) is 11.5 Å². The van der Waals surface area contributed by atoms with Gasteiger partial charge in [0.15, 0.2) is 0 Å². The molecular weight excluding hydrogens is 381 g/mol. The molecule has 3 aromatic rings. The van der Waals surface area contributed by atoms with E-state index in [4.69, 9.17) is 0 Å². The smallest absolute Gasteiger partial charge is 0.278 e. The van der Waals surface area contributed by atoms with Crippen LogP contribution in [0.4, 0.5) is 24.5 Å². The van der Waals surface area contributed by atoms with Crippen molar-refractivity contribution in [3.63, 3.8) is 0 Å². The van der Waals surface area contributed by atoms with Crippen molar-refractivity contribution in [3.05, 3.63) is 66.0 Å². The number of rotatable bonds is 2. The summed E-state index contributed by atoms with van der Waals surface area (Å²) >= 11 is 0. The molecule has 0 atom stereocenters. The first-order valence-electron chi connectivity index (χ1n) is 8.89. The van der Waals surface area contributed by atoms with E-state index in [9.17, 15) is 18.0 Å². The Bertz CT molecular complexity index is 1110. The van der Waals surface area contributed by atoms with Crippen LogP contribution in [0, 0.1) is 6.92 Å². The van der Waals surface area contributed by atoms with Crippen LogP contribution >= 0.6 is 0 Å². The molecule has 1 aliphatic heterocycles. The lowest BCUT2D eigenvalue weighted by Gasteiger charge is -2.21. The Hall–Kier alpha value is -3.29. The molecule has 1 aromatic carbocycles. The first kappa shape index (κ1) is 19.0. The quantitative estimate of drug-likeness (QED) is 0.621. The molecule has 0 unspecified atom stereocenters. The SMILES string of the molecule is Cc1ncc(-c2ccc3c(c2)N(c2cncc(C(F)(F)F)c2)C(=O)C3(C)C)cn1. The molecule has 0 bridgehead atoms. The second-order valence-corrected chi connectivity index (χ2v) is 7.45. The van der Waals surface area contributed by atoms with Crippen LogP contribution in [-0.4, -0.2) is 20.9 Å². The van der Waals surface area contributed by atoms with Gasteiger partial charge in [0.05, 0.1) is 28.6 Å². The van der Waals surface area contributed by atoms with Gasteiger partial charge in [-0.2, -0.15) is 13.2 Å². The normalized spacial score (nSPS) is 15.5. The molecule has 0 spiro atoms. The second kappa shape index (κ2) is 6.37. The number of nitrogens with zero attached hydrogens (tertiary/aromatic N) is 4. The first-order valence-corrected chi connectivity index (χ1v) is 8.89. The van der Waals surface area contributed by atoms with E-state index in [1.54, 1.807) is 39.2 Å². The third-order valence-corrected chi connectivity index (χ3v) is 5.07. The second-order valence-electron chi connectivity index (χ2n) is 7.45. The monoisotopic (exact) mass is 398 g/mol. The number of anilines is 2. The number of benzene rings is 1. The molecule has 148 valence electrons. The summed E-state index contributed by atoms with van der Waals surface area (Å²) in [6.07, 6.45) is 0.797. The summed E-state index contributed by atoms with van der Waals surface area (Å²) in [7, 11) is 0. The van der Waals surface area contributed by atoms with Gasteiger partial charge in [-0.15, -0.1) is 0 Å². The molecule has 0 saturated carbocycles. The topological polar surface area (TPSA) is 59.0 Å². The fourth-order valence-corrected chi connectivity index (χ4v) is 3.43. The number of aryl methyl sites for hydroxylation is 1. The number of carbonyl (C=O) groups is 1. The lowest BCUT2D eigenvalue weighted by molar-refractivity contribution is -0.137. The largest absolute Gasteiger partial charge is 0.417 e. The molecule has 0 radical (unpaired) electrons.